The van der Waals surface area contributed by atoms with E-state index in [2.05, 4.69) is 15.4 Å². The largest absolute Gasteiger partial charge is 0.444 e. The van der Waals surface area contributed by atoms with Crippen LogP contribution in [0.5, 0.6) is 0 Å². The summed E-state index contributed by atoms with van der Waals surface area (Å²) in [5, 5.41) is 5.66. The van der Waals surface area contributed by atoms with Gasteiger partial charge in [0.1, 0.15) is 29.5 Å². The molecule has 6 rings (SSSR count). The molecule has 0 spiro atoms. The van der Waals surface area contributed by atoms with Gasteiger partial charge in [-0.05, 0) is 67.3 Å². The first-order valence-electron chi connectivity index (χ1n) is 17.9. The van der Waals surface area contributed by atoms with Crippen LogP contribution in [0.25, 0.3) is 0 Å². The van der Waals surface area contributed by atoms with Crippen LogP contribution in [0, 0.1) is 17.2 Å². The normalized spacial score (nSPS) is 25.0. The van der Waals surface area contributed by atoms with Gasteiger partial charge in [-0.2, -0.15) is 13.2 Å². The molecule has 17 heteroatoms. The van der Waals surface area contributed by atoms with Crippen LogP contribution in [0.15, 0.2) is 42.5 Å². The topological polar surface area (TPSA) is 154 Å². The number of hydrogen-bond donors (Lipinski definition) is 3. The van der Waals surface area contributed by atoms with Crippen LogP contribution >= 0.6 is 0 Å². The molecule has 3 N–H and O–H groups in total. The summed E-state index contributed by atoms with van der Waals surface area (Å²) in [7, 11) is -4.04. The number of halogens is 4. The van der Waals surface area contributed by atoms with Crippen molar-refractivity contribution >= 4 is 39.5 Å². The predicted molar refractivity (Wildman–Crippen MR) is 188 cm³/mol. The summed E-state index contributed by atoms with van der Waals surface area (Å²) >= 11 is 0. The summed E-state index contributed by atoms with van der Waals surface area (Å²) in [6, 6.07) is 6.35. The van der Waals surface area contributed by atoms with Crippen molar-refractivity contribution in [2.45, 2.75) is 114 Å². The Morgan fingerprint density at radius 3 is 2.31 bits per heavy atom. The maximum atomic E-state index is 14.5. The molecule has 54 heavy (non-hydrogen) atoms. The quantitative estimate of drug-likeness (QED) is 0.283. The number of carbonyl (C=O) groups excluding carboxylic acids is 4. The molecule has 3 fully saturated rings. The molecule has 1 saturated heterocycles. The van der Waals surface area contributed by atoms with Crippen molar-refractivity contribution in [1.82, 2.24) is 19.8 Å². The third-order valence-electron chi connectivity index (χ3n) is 11.1. The third kappa shape index (κ3) is 7.60. The predicted octanol–water partition coefficient (Wildman–Crippen LogP) is 5.08. The number of sulfonamides is 1. The summed E-state index contributed by atoms with van der Waals surface area (Å²) < 4.78 is 88.0. The lowest BCUT2D eigenvalue weighted by atomic mass is 9.85. The highest BCUT2D eigenvalue weighted by Gasteiger charge is 2.63. The van der Waals surface area contributed by atoms with E-state index in [9.17, 15) is 45.2 Å². The fraction of sp³-hybridized carbons (Fsp3) is 0.568. The molecule has 0 aromatic heterocycles. The van der Waals surface area contributed by atoms with E-state index >= 15 is 0 Å². The molecular weight excluding hydrogens is 734 g/mol. The molecule has 2 aromatic carbocycles. The molecule has 2 aliphatic carbocycles. The Hall–Kier alpha value is -4.41. The standard InChI is InChI=1S/C37H45F4N5O7S/c1-6-22-17-36(22,32(49)44-54(51,52)35(5)13-14-35)43-30(47)28-16-25(53-33(50)45-18-21-9-7-12-27(38)26(21)20-45)19-46(28)31(48)29(34(2,3)4)42-24-11-8-10-23(15-24)37(39,40)41/h7-12,15,22,25,28-29,42H,6,13-14,16-20H2,1-5H3,(H,43,47)(H,44,49)/t22-,25-,28+,29-,36-/m1/s1. The van der Waals surface area contributed by atoms with Crippen LogP contribution in [0.2, 0.25) is 0 Å². The summed E-state index contributed by atoms with van der Waals surface area (Å²) in [5.74, 6) is -3.22. The molecule has 4 amide bonds. The van der Waals surface area contributed by atoms with E-state index < -0.39 is 91.2 Å². The van der Waals surface area contributed by atoms with Crippen molar-refractivity contribution in [2.75, 3.05) is 11.9 Å². The molecule has 2 aromatic rings. The molecule has 12 nitrogen and oxygen atoms in total. The number of nitrogens with zero attached hydrogens (tertiary/aromatic N) is 2. The summed E-state index contributed by atoms with van der Waals surface area (Å²) in [6.45, 7) is 8.15. The lowest BCUT2D eigenvalue weighted by Gasteiger charge is -2.36. The zero-order chi connectivity index (χ0) is 39.6. The highest BCUT2D eigenvalue weighted by molar-refractivity contribution is 7.91. The van der Waals surface area contributed by atoms with Crippen molar-refractivity contribution in [3.63, 3.8) is 0 Å². The van der Waals surface area contributed by atoms with Gasteiger partial charge in [-0.15, -0.1) is 0 Å². The van der Waals surface area contributed by atoms with Crippen molar-refractivity contribution in [1.29, 1.82) is 0 Å². The fourth-order valence-electron chi connectivity index (χ4n) is 7.26. The van der Waals surface area contributed by atoms with E-state index in [-0.39, 0.29) is 38.2 Å². The minimum Gasteiger partial charge on any atom is -0.444 e. The number of carbonyl (C=O) groups is 4. The Kier molecular flexibility index (Phi) is 9.98. The van der Waals surface area contributed by atoms with Gasteiger partial charge in [0, 0.05) is 24.2 Å². The van der Waals surface area contributed by atoms with Gasteiger partial charge in [0.05, 0.1) is 23.4 Å². The lowest BCUT2D eigenvalue weighted by Crippen LogP contribution is -2.59. The summed E-state index contributed by atoms with van der Waals surface area (Å²) in [6.07, 6.45) is -5.34. The number of alkyl halides is 3. The maximum Gasteiger partial charge on any atom is 0.416 e. The molecule has 2 aliphatic heterocycles. The minimum atomic E-state index is -4.65. The second-order valence-electron chi connectivity index (χ2n) is 16.2. The summed E-state index contributed by atoms with van der Waals surface area (Å²) in [4.78, 5) is 58.2. The van der Waals surface area contributed by atoms with Gasteiger partial charge in [0.15, 0.2) is 0 Å². The van der Waals surface area contributed by atoms with Gasteiger partial charge in [0.2, 0.25) is 21.8 Å². The number of amides is 4. The van der Waals surface area contributed by atoms with E-state index in [1.807, 2.05) is 0 Å². The van der Waals surface area contributed by atoms with Crippen LogP contribution in [-0.4, -0.2) is 77.1 Å². The van der Waals surface area contributed by atoms with Gasteiger partial charge < -0.3 is 20.3 Å². The first kappa shape index (κ1) is 39.3. The number of likely N-dealkylation sites (tertiary alicyclic amines) is 1. The molecule has 0 unspecified atom stereocenters. The Morgan fingerprint density at radius 1 is 1.04 bits per heavy atom. The lowest BCUT2D eigenvalue weighted by molar-refractivity contribution is -0.141. The van der Waals surface area contributed by atoms with E-state index in [0.717, 1.165) is 12.1 Å². The van der Waals surface area contributed by atoms with Crippen LogP contribution < -0.4 is 15.4 Å². The number of hydrogen-bond acceptors (Lipinski definition) is 8. The molecule has 4 aliphatic rings. The van der Waals surface area contributed by atoms with Crippen LogP contribution in [0.1, 0.15) is 83.4 Å². The van der Waals surface area contributed by atoms with Gasteiger partial charge in [-0.1, -0.05) is 52.3 Å². The zero-order valence-electron chi connectivity index (χ0n) is 30.7. The molecule has 2 saturated carbocycles. The van der Waals surface area contributed by atoms with Crippen molar-refractivity contribution in [3.8, 4) is 0 Å². The maximum absolute atomic E-state index is 14.5. The number of ether oxygens (including phenoxy) is 1. The highest BCUT2D eigenvalue weighted by Crippen LogP contribution is 2.48. The molecule has 0 radical (unpaired) electrons. The van der Waals surface area contributed by atoms with Crippen molar-refractivity contribution < 1.29 is 49.9 Å². The van der Waals surface area contributed by atoms with E-state index in [0.29, 0.717) is 30.4 Å². The van der Waals surface area contributed by atoms with Gasteiger partial charge in [0.25, 0.3) is 5.91 Å². The monoisotopic (exact) mass is 779 g/mol. The van der Waals surface area contributed by atoms with E-state index in [1.54, 1.807) is 33.8 Å². The van der Waals surface area contributed by atoms with Crippen LogP contribution in [-0.2, 0) is 48.4 Å². The molecular formula is C37H45F4N5O7S. The van der Waals surface area contributed by atoms with Gasteiger partial charge in [-0.3, -0.25) is 24.0 Å². The number of rotatable bonds is 10. The Bertz CT molecular complexity index is 1970. The molecule has 5 atom stereocenters. The number of nitrogens with one attached hydrogen (secondary N) is 3. The third-order valence-corrected chi connectivity index (χ3v) is 13.3. The molecule has 2 heterocycles. The van der Waals surface area contributed by atoms with E-state index in [4.69, 9.17) is 4.74 Å². The Labute approximate surface area is 311 Å². The first-order valence-corrected chi connectivity index (χ1v) is 19.4. The Balaban J connectivity index is 1.26. The zero-order valence-corrected chi connectivity index (χ0v) is 31.5. The average molecular weight is 780 g/mol. The second kappa shape index (κ2) is 13.7. The number of fused-ring (bicyclic) bond motifs is 1. The summed E-state index contributed by atoms with van der Waals surface area (Å²) in [5.41, 5.74) is -2.47. The van der Waals surface area contributed by atoms with Crippen molar-refractivity contribution in [3.05, 3.63) is 65.0 Å². The highest BCUT2D eigenvalue weighted by atomic mass is 32.2. The average Bonchev–Trinajstić information content (AvgIpc) is 3.89. The number of benzene rings is 2. The van der Waals surface area contributed by atoms with Crippen LogP contribution in [0.3, 0.4) is 0 Å². The second-order valence-corrected chi connectivity index (χ2v) is 18.4. The fourth-order valence-corrected chi connectivity index (χ4v) is 8.58. The molecule has 0 bridgehead atoms. The number of anilines is 1. The van der Waals surface area contributed by atoms with Crippen molar-refractivity contribution in [2.24, 2.45) is 11.3 Å². The Morgan fingerprint density at radius 2 is 1.72 bits per heavy atom. The van der Waals surface area contributed by atoms with Gasteiger partial charge >= 0.3 is 12.3 Å². The smallest absolute Gasteiger partial charge is 0.416 e. The van der Waals surface area contributed by atoms with Crippen LogP contribution in [0.4, 0.5) is 28.0 Å². The molecule has 294 valence electrons. The van der Waals surface area contributed by atoms with Gasteiger partial charge in [-0.25, -0.2) is 17.6 Å². The minimum absolute atomic E-state index is 0.00654. The SMILES string of the molecule is CC[C@@H]1C[C@]1(NC(=O)[C@@H]1C[C@@H](OC(=O)N2Cc3cccc(F)c3C2)CN1C(=O)[C@@H](Nc1cccc(C(F)(F)F)c1)C(C)(C)C)C(=O)NS(=O)(=O)C1(C)CC1. The van der Waals surface area contributed by atoms with E-state index in [1.165, 1.54) is 41.0 Å². The first-order chi connectivity index (χ1) is 25.1.